The number of fused-ring (bicyclic) bond motifs is 1. The SMILES string of the molecule is C=Cc1cccc(C(Nc2ccc3c(N)nccc3c2)c2ncc(C/C=C\C=C/C)[nH]2)c1. The zero-order chi connectivity index (χ0) is 22.3. The average Bonchev–Trinajstić information content (AvgIpc) is 3.29. The van der Waals surface area contributed by atoms with E-state index in [1.165, 1.54) is 0 Å². The van der Waals surface area contributed by atoms with Gasteiger partial charge in [0.15, 0.2) is 0 Å². The van der Waals surface area contributed by atoms with Gasteiger partial charge in [-0.25, -0.2) is 9.97 Å². The molecule has 1 unspecified atom stereocenters. The van der Waals surface area contributed by atoms with Gasteiger partial charge in [-0.15, -0.1) is 0 Å². The van der Waals surface area contributed by atoms with Gasteiger partial charge in [0.25, 0.3) is 0 Å². The topological polar surface area (TPSA) is 79.6 Å². The van der Waals surface area contributed by atoms with Gasteiger partial charge in [0.05, 0.1) is 0 Å². The van der Waals surface area contributed by atoms with Gasteiger partial charge in [-0.05, 0) is 53.8 Å². The summed E-state index contributed by atoms with van der Waals surface area (Å²) < 4.78 is 0. The Bertz CT molecular complexity index is 1280. The number of aromatic nitrogens is 3. The van der Waals surface area contributed by atoms with Gasteiger partial charge >= 0.3 is 0 Å². The van der Waals surface area contributed by atoms with E-state index in [0.717, 1.165) is 45.5 Å². The van der Waals surface area contributed by atoms with Crippen LogP contribution in [0.15, 0.2) is 91.8 Å². The molecule has 0 aliphatic carbocycles. The summed E-state index contributed by atoms with van der Waals surface area (Å²) in [5, 5.41) is 5.62. The van der Waals surface area contributed by atoms with Crippen LogP contribution in [0.4, 0.5) is 11.5 Å². The number of imidazole rings is 1. The molecule has 0 aliphatic heterocycles. The zero-order valence-electron chi connectivity index (χ0n) is 18.1. The summed E-state index contributed by atoms with van der Waals surface area (Å²) in [6.07, 6.45) is 14.4. The van der Waals surface area contributed by atoms with Crippen molar-refractivity contribution in [2.45, 2.75) is 19.4 Å². The molecule has 2 heterocycles. The molecule has 1 atom stereocenters. The molecule has 0 saturated heterocycles. The number of nitrogens with one attached hydrogen (secondary N) is 2. The summed E-state index contributed by atoms with van der Waals surface area (Å²) >= 11 is 0. The van der Waals surface area contributed by atoms with Crippen LogP contribution >= 0.6 is 0 Å². The Hall–Kier alpha value is -4.12. The molecule has 5 heteroatoms. The lowest BCUT2D eigenvalue weighted by molar-refractivity contribution is 0.849. The number of anilines is 2. The number of pyridine rings is 1. The Morgan fingerprint density at radius 1 is 1.12 bits per heavy atom. The van der Waals surface area contributed by atoms with Crippen LogP contribution in [0.2, 0.25) is 0 Å². The maximum atomic E-state index is 6.02. The predicted molar refractivity (Wildman–Crippen MR) is 134 cm³/mol. The van der Waals surface area contributed by atoms with Crippen LogP contribution in [-0.4, -0.2) is 15.0 Å². The van der Waals surface area contributed by atoms with E-state index in [9.17, 15) is 0 Å². The number of aromatic amines is 1. The van der Waals surface area contributed by atoms with Gasteiger partial charge in [0.2, 0.25) is 0 Å². The maximum Gasteiger partial charge on any atom is 0.133 e. The van der Waals surface area contributed by atoms with E-state index in [2.05, 4.69) is 46.1 Å². The zero-order valence-corrected chi connectivity index (χ0v) is 18.1. The number of rotatable bonds is 8. The number of H-pyrrole nitrogens is 1. The third kappa shape index (κ3) is 4.78. The molecule has 160 valence electrons. The number of hydrogen-bond acceptors (Lipinski definition) is 4. The second-order valence-electron chi connectivity index (χ2n) is 7.54. The molecule has 5 nitrogen and oxygen atoms in total. The van der Waals surface area contributed by atoms with E-state index in [1.54, 1.807) is 6.20 Å². The first-order valence-corrected chi connectivity index (χ1v) is 10.6. The predicted octanol–water partition coefficient (Wildman–Crippen LogP) is 6.06. The Balaban J connectivity index is 1.68. The second kappa shape index (κ2) is 9.79. The Labute approximate surface area is 188 Å². The van der Waals surface area contributed by atoms with Crippen LogP contribution in [-0.2, 0) is 6.42 Å². The summed E-state index contributed by atoms with van der Waals surface area (Å²) in [5.74, 6) is 1.39. The van der Waals surface area contributed by atoms with Crippen molar-refractivity contribution in [1.29, 1.82) is 0 Å². The maximum absolute atomic E-state index is 6.02. The number of nitrogen functional groups attached to an aromatic ring is 1. The number of nitrogens with zero attached hydrogens (tertiary/aromatic N) is 2. The van der Waals surface area contributed by atoms with Crippen LogP contribution < -0.4 is 11.1 Å². The van der Waals surface area contributed by atoms with Crippen molar-refractivity contribution in [2.75, 3.05) is 11.1 Å². The number of allylic oxidation sites excluding steroid dienone is 4. The van der Waals surface area contributed by atoms with Gasteiger partial charge in [-0.1, -0.05) is 55.2 Å². The fraction of sp³-hybridized carbons (Fsp3) is 0.111. The molecular weight excluding hydrogens is 394 g/mol. The highest BCUT2D eigenvalue weighted by atomic mass is 15.0. The molecule has 0 bridgehead atoms. The highest BCUT2D eigenvalue weighted by molar-refractivity contribution is 5.92. The van der Waals surface area contributed by atoms with Gasteiger partial charge < -0.3 is 16.0 Å². The lowest BCUT2D eigenvalue weighted by atomic mass is 10.0. The Morgan fingerprint density at radius 2 is 2.03 bits per heavy atom. The normalized spacial score (nSPS) is 12.5. The van der Waals surface area contributed by atoms with E-state index in [0.29, 0.717) is 5.82 Å². The third-order valence-electron chi connectivity index (χ3n) is 5.28. The van der Waals surface area contributed by atoms with Crippen LogP contribution in [0.5, 0.6) is 0 Å². The summed E-state index contributed by atoms with van der Waals surface area (Å²) in [5.41, 5.74) is 10.2. The largest absolute Gasteiger partial charge is 0.383 e. The highest BCUT2D eigenvalue weighted by Gasteiger charge is 2.18. The minimum Gasteiger partial charge on any atom is -0.383 e. The molecule has 2 aromatic carbocycles. The average molecular weight is 422 g/mol. The first-order chi connectivity index (χ1) is 15.7. The van der Waals surface area contributed by atoms with Crippen molar-refractivity contribution in [3.05, 3.63) is 114 Å². The quantitative estimate of drug-likeness (QED) is 0.302. The molecule has 4 aromatic rings. The lowest BCUT2D eigenvalue weighted by Crippen LogP contribution is -2.14. The first-order valence-electron chi connectivity index (χ1n) is 10.6. The van der Waals surface area contributed by atoms with E-state index in [-0.39, 0.29) is 6.04 Å². The molecule has 4 rings (SSSR count). The highest BCUT2D eigenvalue weighted by Crippen LogP contribution is 2.29. The van der Waals surface area contributed by atoms with Crippen molar-refractivity contribution in [3.63, 3.8) is 0 Å². The van der Waals surface area contributed by atoms with Crippen LogP contribution in [0.3, 0.4) is 0 Å². The second-order valence-corrected chi connectivity index (χ2v) is 7.54. The number of nitrogens with two attached hydrogens (primary N) is 1. The fourth-order valence-corrected chi connectivity index (χ4v) is 3.64. The van der Waals surface area contributed by atoms with Crippen molar-refractivity contribution in [3.8, 4) is 0 Å². The van der Waals surface area contributed by atoms with E-state index >= 15 is 0 Å². The van der Waals surface area contributed by atoms with Crippen LogP contribution in [0.1, 0.15) is 35.6 Å². The summed E-state index contributed by atoms with van der Waals surface area (Å²) in [6.45, 7) is 5.91. The third-order valence-corrected chi connectivity index (χ3v) is 5.28. The molecule has 0 radical (unpaired) electrons. The van der Waals surface area contributed by atoms with Gasteiger partial charge in [-0.2, -0.15) is 0 Å². The molecule has 0 aliphatic rings. The van der Waals surface area contributed by atoms with Gasteiger partial charge in [0, 0.05) is 35.6 Å². The minimum absolute atomic E-state index is 0.153. The molecule has 32 heavy (non-hydrogen) atoms. The lowest BCUT2D eigenvalue weighted by Gasteiger charge is -2.20. The fourth-order valence-electron chi connectivity index (χ4n) is 3.64. The van der Waals surface area contributed by atoms with Crippen molar-refractivity contribution in [2.24, 2.45) is 0 Å². The molecule has 2 aromatic heterocycles. The monoisotopic (exact) mass is 421 g/mol. The van der Waals surface area contributed by atoms with E-state index < -0.39 is 0 Å². The van der Waals surface area contributed by atoms with Crippen molar-refractivity contribution >= 4 is 28.4 Å². The Morgan fingerprint density at radius 3 is 2.88 bits per heavy atom. The summed E-state index contributed by atoms with van der Waals surface area (Å²) in [4.78, 5) is 12.4. The van der Waals surface area contributed by atoms with E-state index in [4.69, 9.17) is 10.7 Å². The minimum atomic E-state index is -0.153. The smallest absolute Gasteiger partial charge is 0.133 e. The Kier molecular flexibility index (Phi) is 6.46. The molecule has 0 saturated carbocycles. The number of hydrogen-bond donors (Lipinski definition) is 3. The number of benzene rings is 2. The molecular formula is C27H27N5. The van der Waals surface area contributed by atoms with Crippen molar-refractivity contribution < 1.29 is 0 Å². The molecule has 0 amide bonds. The summed E-state index contributed by atoms with van der Waals surface area (Å²) in [6, 6.07) is 16.2. The van der Waals surface area contributed by atoms with E-state index in [1.807, 2.05) is 67.8 Å². The molecule has 4 N–H and O–H groups in total. The molecule has 0 fully saturated rings. The van der Waals surface area contributed by atoms with Gasteiger partial charge in [-0.3, -0.25) is 0 Å². The summed E-state index contributed by atoms with van der Waals surface area (Å²) in [7, 11) is 0. The van der Waals surface area contributed by atoms with Crippen molar-refractivity contribution in [1.82, 2.24) is 15.0 Å². The standard InChI is InChI=1S/C27H27N5/c1-3-5-6-7-11-23-18-30-27(32-23)25(21-10-8-9-19(4-2)16-21)31-22-12-13-24-20(17-22)14-15-29-26(24)28/h3-10,12-18,25,31H,2,11H2,1H3,(H2,28,29)(H,30,32)/b5-3-,7-6-. The first kappa shape index (κ1) is 21.1. The van der Waals surface area contributed by atoms with Crippen LogP contribution in [0.25, 0.3) is 16.8 Å². The van der Waals surface area contributed by atoms with Crippen LogP contribution in [0, 0.1) is 0 Å². The molecule has 0 spiro atoms. The van der Waals surface area contributed by atoms with Gasteiger partial charge in [0.1, 0.15) is 17.7 Å².